The van der Waals surface area contributed by atoms with Crippen molar-refractivity contribution in [2.45, 2.75) is 90.9 Å². The van der Waals surface area contributed by atoms with Gasteiger partial charge in [0.25, 0.3) is 0 Å². The number of pyridine rings is 1. The first-order valence-corrected chi connectivity index (χ1v) is 23.7. The Bertz CT molecular complexity index is 3280. The third kappa shape index (κ3) is 8.05. The van der Waals surface area contributed by atoms with Crippen molar-refractivity contribution in [2.75, 3.05) is 16.5 Å². The van der Waals surface area contributed by atoms with Gasteiger partial charge < -0.3 is 14.5 Å². The average molecular weight is 879 g/mol. The average Bonchev–Trinajstić information content (AvgIpc) is 3.87. The topological polar surface area (TPSA) is 33.5 Å². The van der Waals surface area contributed by atoms with Crippen LogP contribution in [0, 0.1) is 0 Å². The van der Waals surface area contributed by atoms with Gasteiger partial charge in [-0.1, -0.05) is 160 Å². The lowest BCUT2D eigenvalue weighted by molar-refractivity contribution is 0.483. The molecule has 5 nitrogen and oxygen atoms in total. The fourth-order valence-electron chi connectivity index (χ4n) is 9.83. The van der Waals surface area contributed by atoms with Crippen LogP contribution < -0.4 is 14.5 Å². The number of benzene rings is 7. The van der Waals surface area contributed by atoms with Crippen LogP contribution in [0.2, 0.25) is 0 Å². The Kier molecular flexibility index (Phi) is 10.7. The molecule has 0 amide bonds. The van der Waals surface area contributed by atoms with Gasteiger partial charge in [0.15, 0.2) is 0 Å². The molecule has 0 saturated heterocycles. The predicted octanol–water partition coefficient (Wildman–Crippen LogP) is 16.5. The lowest BCUT2D eigenvalue weighted by Gasteiger charge is -2.27. The first-order valence-electron chi connectivity index (χ1n) is 23.7. The van der Waals surface area contributed by atoms with Crippen LogP contribution in [0.15, 0.2) is 182 Å². The SMILES string of the molecule is CC(C)(C)c1cccc(N2CN(c3cccc(Oc4ccc5c6cc(C(C)(C)c7ccccc7)ccc6n(-c6cc(C(C)(C)c7ccccc7)ccn6)c5c4)c3)c3ccc(C(C)(C)C)cc32)c1. The molecule has 5 heteroatoms. The highest BCUT2D eigenvalue weighted by Crippen LogP contribution is 2.48. The van der Waals surface area contributed by atoms with E-state index in [0.717, 1.165) is 39.4 Å². The summed E-state index contributed by atoms with van der Waals surface area (Å²) in [6, 6.07) is 63.9. The number of nitrogens with zero attached hydrogens (tertiary/aromatic N) is 4. The molecule has 0 aliphatic carbocycles. The Labute approximate surface area is 397 Å². The van der Waals surface area contributed by atoms with E-state index in [1.165, 1.54) is 55.8 Å². The van der Waals surface area contributed by atoms with Gasteiger partial charge in [0.2, 0.25) is 0 Å². The number of anilines is 4. The molecule has 3 heterocycles. The Balaban J connectivity index is 1.05. The second-order valence-electron chi connectivity index (χ2n) is 21.5. The molecule has 9 aromatic rings. The summed E-state index contributed by atoms with van der Waals surface area (Å²) >= 11 is 0. The number of ether oxygens (including phenoxy) is 1. The highest BCUT2D eigenvalue weighted by atomic mass is 16.5. The van der Waals surface area contributed by atoms with E-state index >= 15 is 0 Å². The summed E-state index contributed by atoms with van der Waals surface area (Å²) in [6.07, 6.45) is 1.95. The van der Waals surface area contributed by atoms with Crippen LogP contribution in [0.3, 0.4) is 0 Å². The van der Waals surface area contributed by atoms with Crippen LogP contribution in [-0.4, -0.2) is 16.2 Å². The first kappa shape index (κ1) is 43.8. The van der Waals surface area contributed by atoms with Crippen molar-refractivity contribution in [1.82, 2.24) is 9.55 Å². The summed E-state index contributed by atoms with van der Waals surface area (Å²) in [4.78, 5) is 9.93. The standard InChI is InChI=1S/C62H62N4O/c1-59(2,3)44-23-17-24-48(35-44)65-41-64(55-32-27-45(37-57(55)65)60(4,5)6)49-25-18-26-50(39-49)67-51-29-30-52-53-36-46(61(7,8)42-19-13-11-14-20-42)28-31-54(53)66(56(52)40-51)58-38-47(33-34-63-58)62(9,10)43-21-15-12-16-22-43/h11-40H,41H2,1-10H3. The minimum absolute atomic E-state index is 0.0145. The largest absolute Gasteiger partial charge is 0.457 e. The number of rotatable bonds is 9. The molecular weight excluding hydrogens is 817 g/mol. The van der Waals surface area contributed by atoms with E-state index in [2.05, 4.69) is 260 Å². The second kappa shape index (κ2) is 16.3. The molecule has 0 N–H and O–H groups in total. The van der Waals surface area contributed by atoms with E-state index in [4.69, 9.17) is 9.72 Å². The van der Waals surface area contributed by atoms with E-state index in [1.54, 1.807) is 0 Å². The maximum atomic E-state index is 6.89. The van der Waals surface area contributed by atoms with Crippen LogP contribution in [0.25, 0.3) is 27.6 Å². The van der Waals surface area contributed by atoms with Gasteiger partial charge in [-0.15, -0.1) is 0 Å². The minimum atomic E-state index is -0.234. The fourth-order valence-corrected chi connectivity index (χ4v) is 9.83. The van der Waals surface area contributed by atoms with Crippen molar-refractivity contribution in [2.24, 2.45) is 0 Å². The molecule has 2 aromatic heterocycles. The monoisotopic (exact) mass is 878 g/mol. The molecule has 0 bridgehead atoms. The molecule has 0 atom stereocenters. The number of fused-ring (bicyclic) bond motifs is 4. The highest BCUT2D eigenvalue weighted by Gasteiger charge is 2.32. The third-order valence-electron chi connectivity index (χ3n) is 14.2. The van der Waals surface area contributed by atoms with E-state index in [0.29, 0.717) is 6.67 Å². The van der Waals surface area contributed by atoms with Gasteiger partial charge >= 0.3 is 0 Å². The van der Waals surface area contributed by atoms with Crippen LogP contribution in [0.5, 0.6) is 11.5 Å². The lowest BCUT2D eigenvalue weighted by atomic mass is 9.78. The van der Waals surface area contributed by atoms with Crippen molar-refractivity contribution in [3.05, 3.63) is 216 Å². The Morgan fingerprint density at radius 2 is 0.970 bits per heavy atom. The zero-order chi connectivity index (χ0) is 46.9. The number of aromatic nitrogens is 2. The summed E-state index contributed by atoms with van der Waals surface area (Å²) in [6.45, 7) is 23.6. The molecule has 1 aliphatic heterocycles. The minimum Gasteiger partial charge on any atom is -0.457 e. The van der Waals surface area contributed by atoms with Crippen molar-refractivity contribution in [3.63, 3.8) is 0 Å². The molecule has 0 saturated carbocycles. The van der Waals surface area contributed by atoms with Crippen molar-refractivity contribution < 1.29 is 4.74 Å². The van der Waals surface area contributed by atoms with E-state index in [1.807, 2.05) is 6.20 Å². The van der Waals surface area contributed by atoms with Crippen LogP contribution in [-0.2, 0) is 21.7 Å². The molecule has 67 heavy (non-hydrogen) atoms. The van der Waals surface area contributed by atoms with Gasteiger partial charge in [-0.25, -0.2) is 4.98 Å². The van der Waals surface area contributed by atoms with Gasteiger partial charge in [0.05, 0.1) is 22.4 Å². The quantitative estimate of drug-likeness (QED) is 0.145. The zero-order valence-corrected chi connectivity index (χ0v) is 40.7. The molecular formula is C62H62N4O. The van der Waals surface area contributed by atoms with Crippen LogP contribution in [0.4, 0.5) is 22.7 Å². The fraction of sp³-hybridized carbons (Fsp3) is 0.242. The summed E-state index contributed by atoms with van der Waals surface area (Å²) in [7, 11) is 0. The molecule has 0 spiro atoms. The number of hydrogen-bond donors (Lipinski definition) is 0. The van der Waals surface area contributed by atoms with E-state index < -0.39 is 0 Å². The first-order chi connectivity index (χ1) is 32.0. The molecule has 1 aliphatic rings. The summed E-state index contributed by atoms with van der Waals surface area (Å²) in [5.74, 6) is 2.41. The maximum Gasteiger partial charge on any atom is 0.137 e. The van der Waals surface area contributed by atoms with E-state index in [9.17, 15) is 0 Å². The Morgan fingerprint density at radius 3 is 1.64 bits per heavy atom. The Morgan fingerprint density at radius 1 is 0.403 bits per heavy atom. The van der Waals surface area contributed by atoms with Crippen LogP contribution >= 0.6 is 0 Å². The zero-order valence-electron chi connectivity index (χ0n) is 40.7. The van der Waals surface area contributed by atoms with Gasteiger partial charge in [-0.3, -0.25) is 4.57 Å². The molecule has 7 aromatic carbocycles. The lowest BCUT2D eigenvalue weighted by Crippen LogP contribution is -2.24. The molecule has 0 unspecified atom stereocenters. The molecule has 10 rings (SSSR count). The van der Waals surface area contributed by atoms with E-state index in [-0.39, 0.29) is 21.7 Å². The highest BCUT2D eigenvalue weighted by molar-refractivity contribution is 6.10. The van der Waals surface area contributed by atoms with Crippen molar-refractivity contribution in [3.8, 4) is 17.3 Å². The van der Waals surface area contributed by atoms with Gasteiger partial charge in [0.1, 0.15) is 24.0 Å². The van der Waals surface area contributed by atoms with Gasteiger partial charge in [-0.05, 0) is 117 Å². The maximum absolute atomic E-state index is 6.89. The molecule has 336 valence electrons. The van der Waals surface area contributed by atoms with Crippen molar-refractivity contribution in [1.29, 1.82) is 0 Å². The molecule has 0 fully saturated rings. The predicted molar refractivity (Wildman–Crippen MR) is 282 cm³/mol. The normalized spacial score (nSPS) is 13.4. The third-order valence-corrected chi connectivity index (χ3v) is 14.2. The summed E-state index contributed by atoms with van der Waals surface area (Å²) < 4.78 is 9.20. The summed E-state index contributed by atoms with van der Waals surface area (Å²) in [5, 5.41) is 2.33. The second-order valence-corrected chi connectivity index (χ2v) is 21.5. The smallest absolute Gasteiger partial charge is 0.137 e. The summed E-state index contributed by atoms with van der Waals surface area (Å²) in [5.41, 5.74) is 14.0. The van der Waals surface area contributed by atoms with Gasteiger partial charge in [-0.2, -0.15) is 0 Å². The molecule has 0 radical (unpaired) electrons. The number of hydrogen-bond acceptors (Lipinski definition) is 4. The van der Waals surface area contributed by atoms with Gasteiger partial charge in [0, 0.05) is 51.3 Å². The Hall–Kier alpha value is -7.11. The van der Waals surface area contributed by atoms with Crippen LogP contribution in [0.1, 0.15) is 103 Å². The van der Waals surface area contributed by atoms with Crippen molar-refractivity contribution >= 4 is 44.6 Å².